The minimum Gasteiger partial charge on any atom is -0.485 e. The van der Waals surface area contributed by atoms with Crippen molar-refractivity contribution in [3.8, 4) is 5.75 Å². The molecule has 0 radical (unpaired) electrons. The van der Waals surface area contributed by atoms with E-state index in [1.54, 1.807) is 6.07 Å². The summed E-state index contributed by atoms with van der Waals surface area (Å²) in [5.41, 5.74) is 0.517. The van der Waals surface area contributed by atoms with Gasteiger partial charge in [0.1, 0.15) is 18.2 Å². The molecule has 5 heteroatoms. The Balaban J connectivity index is 1.88. The van der Waals surface area contributed by atoms with Crippen LogP contribution in [-0.4, -0.2) is 9.97 Å². The summed E-state index contributed by atoms with van der Waals surface area (Å²) in [5.74, 6) is 1.22. The molecule has 0 fully saturated rings. The second-order valence-electron chi connectivity index (χ2n) is 4.25. The van der Waals surface area contributed by atoms with Gasteiger partial charge in [-0.2, -0.15) is 0 Å². The summed E-state index contributed by atoms with van der Waals surface area (Å²) in [5, 5.41) is 0.581. The number of H-pyrrole nitrogens is 1. The van der Waals surface area contributed by atoms with Gasteiger partial charge in [-0.15, -0.1) is 0 Å². The zero-order valence-corrected chi connectivity index (χ0v) is 12.1. The highest BCUT2D eigenvalue weighted by atomic mass is 79.9. The molecule has 3 rings (SSSR count). The largest absolute Gasteiger partial charge is 0.485 e. The molecular formula is C15H11BrN2O2. The molecule has 4 nitrogen and oxygen atoms in total. The quantitative estimate of drug-likeness (QED) is 0.801. The number of nitrogens with zero attached hydrogens (tertiary/aromatic N) is 1. The van der Waals surface area contributed by atoms with Crippen molar-refractivity contribution >= 4 is 26.8 Å². The Labute approximate surface area is 123 Å². The minimum absolute atomic E-state index is 0.152. The van der Waals surface area contributed by atoms with Gasteiger partial charge in [0.15, 0.2) is 0 Å². The molecule has 3 aromatic rings. The van der Waals surface area contributed by atoms with E-state index in [1.165, 1.54) is 0 Å². The first-order valence-electron chi connectivity index (χ1n) is 6.09. The average Bonchev–Trinajstić information content (AvgIpc) is 2.46. The van der Waals surface area contributed by atoms with E-state index in [4.69, 9.17) is 4.74 Å². The van der Waals surface area contributed by atoms with Crippen LogP contribution >= 0.6 is 15.9 Å². The lowest BCUT2D eigenvalue weighted by Gasteiger charge is -2.07. The molecule has 20 heavy (non-hydrogen) atoms. The number of hydrogen-bond donors (Lipinski definition) is 1. The number of hydrogen-bond acceptors (Lipinski definition) is 3. The number of aromatic amines is 1. The van der Waals surface area contributed by atoms with Crippen molar-refractivity contribution in [3.05, 3.63) is 69.2 Å². The van der Waals surface area contributed by atoms with Crippen LogP contribution < -0.4 is 10.3 Å². The molecule has 2 aromatic carbocycles. The van der Waals surface area contributed by atoms with Gasteiger partial charge in [0.2, 0.25) is 0 Å². The third-order valence-electron chi connectivity index (χ3n) is 2.86. The molecule has 1 aromatic heterocycles. The van der Waals surface area contributed by atoms with Crippen LogP contribution in [0.3, 0.4) is 0 Å². The first-order chi connectivity index (χ1) is 9.74. The van der Waals surface area contributed by atoms with Crippen LogP contribution in [0.15, 0.2) is 57.8 Å². The predicted molar refractivity (Wildman–Crippen MR) is 80.8 cm³/mol. The van der Waals surface area contributed by atoms with E-state index in [9.17, 15) is 4.79 Å². The van der Waals surface area contributed by atoms with Crippen molar-refractivity contribution in [3.63, 3.8) is 0 Å². The smallest absolute Gasteiger partial charge is 0.258 e. The summed E-state index contributed by atoms with van der Waals surface area (Å²) in [6.07, 6.45) is 0. The van der Waals surface area contributed by atoms with Crippen LogP contribution in [0.1, 0.15) is 5.82 Å². The molecule has 0 atom stereocenters. The molecule has 0 aliphatic rings. The van der Waals surface area contributed by atoms with Crippen LogP contribution in [0.4, 0.5) is 0 Å². The summed E-state index contributed by atoms with van der Waals surface area (Å²) in [6, 6.07) is 14.8. The van der Waals surface area contributed by atoms with Gasteiger partial charge in [0.25, 0.3) is 5.56 Å². The van der Waals surface area contributed by atoms with E-state index >= 15 is 0 Å². The third-order valence-corrected chi connectivity index (χ3v) is 3.52. The van der Waals surface area contributed by atoms with E-state index in [0.29, 0.717) is 22.5 Å². The number of para-hydroxylation sites is 2. The second-order valence-corrected chi connectivity index (χ2v) is 5.10. The molecule has 0 amide bonds. The Morgan fingerprint density at radius 1 is 1.10 bits per heavy atom. The molecule has 0 spiro atoms. The molecule has 0 aliphatic carbocycles. The van der Waals surface area contributed by atoms with Crippen molar-refractivity contribution in [2.75, 3.05) is 0 Å². The van der Waals surface area contributed by atoms with E-state index < -0.39 is 0 Å². The predicted octanol–water partition coefficient (Wildman–Crippen LogP) is 3.26. The van der Waals surface area contributed by atoms with Crippen molar-refractivity contribution in [1.82, 2.24) is 9.97 Å². The van der Waals surface area contributed by atoms with E-state index in [2.05, 4.69) is 25.9 Å². The van der Waals surface area contributed by atoms with Crippen LogP contribution in [0, 0.1) is 0 Å². The third kappa shape index (κ3) is 2.58. The topological polar surface area (TPSA) is 55.0 Å². The Hall–Kier alpha value is -2.14. The summed E-state index contributed by atoms with van der Waals surface area (Å²) in [4.78, 5) is 19.0. The number of ether oxygens (including phenoxy) is 1. The van der Waals surface area contributed by atoms with Crippen LogP contribution in [0.25, 0.3) is 10.9 Å². The Bertz CT molecular complexity index is 814. The maximum absolute atomic E-state index is 11.9. The monoisotopic (exact) mass is 330 g/mol. The van der Waals surface area contributed by atoms with Crippen molar-refractivity contribution < 1.29 is 4.74 Å². The van der Waals surface area contributed by atoms with Crippen molar-refractivity contribution in [2.24, 2.45) is 0 Å². The number of halogens is 1. The molecule has 0 unspecified atom stereocenters. The highest BCUT2D eigenvalue weighted by Gasteiger charge is 2.05. The minimum atomic E-state index is -0.152. The number of rotatable bonds is 3. The lowest BCUT2D eigenvalue weighted by Crippen LogP contribution is -2.13. The fraction of sp³-hybridized carbons (Fsp3) is 0.0667. The van der Waals surface area contributed by atoms with E-state index in [-0.39, 0.29) is 12.2 Å². The van der Waals surface area contributed by atoms with E-state index in [1.807, 2.05) is 42.5 Å². The van der Waals surface area contributed by atoms with Gasteiger partial charge in [0.05, 0.1) is 15.4 Å². The molecule has 0 aliphatic heterocycles. The lowest BCUT2D eigenvalue weighted by molar-refractivity contribution is 0.294. The van der Waals surface area contributed by atoms with Gasteiger partial charge >= 0.3 is 0 Å². The molecule has 0 saturated carbocycles. The standard InChI is InChI=1S/C15H11BrN2O2/c16-11-6-2-4-8-13(11)20-9-14-17-12-7-3-1-5-10(12)15(19)18-14/h1-8H,9H2,(H,17,18,19). The molecule has 1 N–H and O–H groups in total. The normalized spacial score (nSPS) is 10.7. The summed E-state index contributed by atoms with van der Waals surface area (Å²) in [7, 11) is 0. The summed E-state index contributed by atoms with van der Waals surface area (Å²) in [6.45, 7) is 0.211. The molecule has 0 saturated heterocycles. The first-order valence-corrected chi connectivity index (χ1v) is 6.88. The van der Waals surface area contributed by atoms with Crippen LogP contribution in [0.5, 0.6) is 5.75 Å². The lowest BCUT2D eigenvalue weighted by atomic mass is 10.2. The Morgan fingerprint density at radius 2 is 1.85 bits per heavy atom. The zero-order chi connectivity index (χ0) is 13.9. The highest BCUT2D eigenvalue weighted by molar-refractivity contribution is 9.10. The molecular weight excluding hydrogens is 320 g/mol. The van der Waals surface area contributed by atoms with Crippen molar-refractivity contribution in [2.45, 2.75) is 6.61 Å². The molecule has 1 heterocycles. The average molecular weight is 331 g/mol. The highest BCUT2D eigenvalue weighted by Crippen LogP contribution is 2.24. The maximum atomic E-state index is 11.9. The second kappa shape index (κ2) is 5.46. The van der Waals surface area contributed by atoms with Crippen molar-refractivity contribution in [1.29, 1.82) is 0 Å². The number of aromatic nitrogens is 2. The number of fused-ring (bicyclic) bond motifs is 1. The number of nitrogens with one attached hydrogen (secondary N) is 1. The van der Waals surface area contributed by atoms with Gasteiger partial charge in [-0.1, -0.05) is 24.3 Å². The van der Waals surface area contributed by atoms with Gasteiger partial charge in [-0.3, -0.25) is 4.79 Å². The number of benzene rings is 2. The van der Waals surface area contributed by atoms with Gasteiger partial charge < -0.3 is 9.72 Å². The fourth-order valence-corrected chi connectivity index (χ4v) is 2.31. The van der Waals surface area contributed by atoms with Gasteiger partial charge in [-0.25, -0.2) is 4.98 Å². The summed E-state index contributed by atoms with van der Waals surface area (Å²) >= 11 is 3.41. The first kappa shape index (κ1) is 12.9. The Kier molecular flexibility index (Phi) is 3.52. The van der Waals surface area contributed by atoms with Gasteiger partial charge in [0, 0.05) is 0 Å². The van der Waals surface area contributed by atoms with Crippen LogP contribution in [-0.2, 0) is 6.61 Å². The van der Waals surface area contributed by atoms with Crippen LogP contribution in [0.2, 0.25) is 0 Å². The zero-order valence-electron chi connectivity index (χ0n) is 10.5. The Morgan fingerprint density at radius 3 is 2.70 bits per heavy atom. The molecule has 100 valence electrons. The summed E-state index contributed by atoms with van der Waals surface area (Å²) < 4.78 is 6.51. The van der Waals surface area contributed by atoms with Gasteiger partial charge in [-0.05, 0) is 40.2 Å². The maximum Gasteiger partial charge on any atom is 0.258 e. The fourth-order valence-electron chi connectivity index (χ4n) is 1.91. The molecule has 0 bridgehead atoms. The SMILES string of the molecule is O=c1[nH]c(COc2ccccc2Br)nc2ccccc12. The van der Waals surface area contributed by atoms with E-state index in [0.717, 1.165) is 4.47 Å².